The van der Waals surface area contributed by atoms with E-state index in [2.05, 4.69) is 12.1 Å². The zero-order valence-corrected chi connectivity index (χ0v) is 15.0. The number of aryl methyl sites for hydroxylation is 2. The van der Waals surface area contributed by atoms with Crippen LogP contribution >= 0.6 is 11.6 Å². The Morgan fingerprint density at radius 3 is 2.26 bits per heavy atom. The first-order valence-corrected chi connectivity index (χ1v) is 9.48. The first-order chi connectivity index (χ1) is 10.9. The zero-order valence-electron chi connectivity index (χ0n) is 13.4. The quantitative estimate of drug-likeness (QED) is 0.710. The molecule has 124 valence electrons. The molecule has 3 nitrogen and oxygen atoms in total. The van der Waals surface area contributed by atoms with Crippen molar-refractivity contribution < 1.29 is 8.42 Å². The summed E-state index contributed by atoms with van der Waals surface area (Å²) < 4.78 is 26.4. The molecule has 0 aromatic heterocycles. The number of sulfonamides is 1. The minimum Gasteiger partial charge on any atom is -0.207 e. The SMILES string of the molecule is Cc1ccc(S(=O)(=O)N(C)C[C@H](Cl)CCc2ccccc2)cc1. The third-order valence-corrected chi connectivity index (χ3v) is 5.97. The Balaban J connectivity index is 1.94. The van der Waals surface area contributed by atoms with Gasteiger partial charge in [0.2, 0.25) is 10.0 Å². The van der Waals surface area contributed by atoms with Crippen molar-refractivity contribution in [3.63, 3.8) is 0 Å². The van der Waals surface area contributed by atoms with Gasteiger partial charge < -0.3 is 0 Å². The summed E-state index contributed by atoms with van der Waals surface area (Å²) >= 11 is 6.34. The first kappa shape index (κ1) is 18.0. The lowest BCUT2D eigenvalue weighted by atomic mass is 10.1. The topological polar surface area (TPSA) is 37.4 Å². The van der Waals surface area contributed by atoms with E-state index >= 15 is 0 Å². The average molecular weight is 352 g/mol. The van der Waals surface area contributed by atoms with E-state index in [-0.39, 0.29) is 5.38 Å². The van der Waals surface area contributed by atoms with Crippen LogP contribution in [0.25, 0.3) is 0 Å². The lowest BCUT2D eigenvalue weighted by Crippen LogP contribution is -2.32. The Bertz CT molecular complexity index is 714. The van der Waals surface area contributed by atoms with Crippen LogP contribution in [-0.4, -0.2) is 31.7 Å². The molecule has 0 saturated heterocycles. The number of halogens is 1. The molecule has 0 bridgehead atoms. The summed E-state index contributed by atoms with van der Waals surface area (Å²) in [5.74, 6) is 0. The maximum Gasteiger partial charge on any atom is 0.242 e. The van der Waals surface area contributed by atoms with Crippen LogP contribution < -0.4 is 0 Å². The van der Waals surface area contributed by atoms with Gasteiger partial charge in [-0.15, -0.1) is 11.6 Å². The van der Waals surface area contributed by atoms with Crippen molar-refractivity contribution in [1.29, 1.82) is 0 Å². The van der Waals surface area contributed by atoms with Gasteiger partial charge in [-0.3, -0.25) is 0 Å². The maximum absolute atomic E-state index is 12.5. The Kier molecular flexibility index (Phi) is 6.22. The molecule has 1 atom stereocenters. The molecular formula is C18H22ClNO2S. The van der Waals surface area contributed by atoms with Gasteiger partial charge in [0.15, 0.2) is 0 Å². The van der Waals surface area contributed by atoms with Crippen molar-refractivity contribution in [2.45, 2.75) is 30.0 Å². The summed E-state index contributed by atoms with van der Waals surface area (Å²) in [6.45, 7) is 2.23. The smallest absolute Gasteiger partial charge is 0.207 e. The fourth-order valence-electron chi connectivity index (χ4n) is 2.33. The second-order valence-electron chi connectivity index (χ2n) is 5.72. The molecule has 2 aromatic rings. The lowest BCUT2D eigenvalue weighted by Gasteiger charge is -2.20. The van der Waals surface area contributed by atoms with Crippen molar-refractivity contribution in [2.24, 2.45) is 0 Å². The van der Waals surface area contributed by atoms with Crippen molar-refractivity contribution in [3.8, 4) is 0 Å². The molecule has 0 amide bonds. The van der Waals surface area contributed by atoms with Crippen LogP contribution in [0.4, 0.5) is 0 Å². The molecule has 0 N–H and O–H groups in total. The molecule has 0 fully saturated rings. The van der Waals surface area contributed by atoms with Gasteiger partial charge in [-0.1, -0.05) is 48.0 Å². The zero-order chi connectivity index (χ0) is 16.9. The molecule has 0 aliphatic carbocycles. The monoisotopic (exact) mass is 351 g/mol. The van der Waals surface area contributed by atoms with Crippen LogP contribution in [0, 0.1) is 6.92 Å². The van der Waals surface area contributed by atoms with Gasteiger partial charge in [-0.2, -0.15) is 4.31 Å². The fourth-order valence-corrected chi connectivity index (χ4v) is 3.94. The second-order valence-corrected chi connectivity index (χ2v) is 8.38. The van der Waals surface area contributed by atoms with Crippen molar-refractivity contribution in [2.75, 3.05) is 13.6 Å². The molecular weight excluding hydrogens is 330 g/mol. The Hall–Kier alpha value is -1.36. The molecule has 0 heterocycles. The summed E-state index contributed by atoms with van der Waals surface area (Å²) in [5.41, 5.74) is 2.24. The predicted molar refractivity (Wildman–Crippen MR) is 95.4 cm³/mol. The van der Waals surface area contributed by atoms with Gasteiger partial charge in [0.05, 0.1) is 4.90 Å². The summed E-state index contributed by atoms with van der Waals surface area (Å²) in [4.78, 5) is 0.303. The molecule has 2 rings (SSSR count). The Morgan fingerprint density at radius 1 is 1.04 bits per heavy atom. The first-order valence-electron chi connectivity index (χ1n) is 7.60. The lowest BCUT2D eigenvalue weighted by molar-refractivity contribution is 0.458. The van der Waals surface area contributed by atoms with E-state index in [1.807, 2.05) is 25.1 Å². The van der Waals surface area contributed by atoms with E-state index in [0.717, 1.165) is 18.4 Å². The van der Waals surface area contributed by atoms with Crippen LogP contribution in [0.5, 0.6) is 0 Å². The van der Waals surface area contributed by atoms with E-state index in [1.54, 1.807) is 31.3 Å². The highest BCUT2D eigenvalue weighted by Gasteiger charge is 2.22. The summed E-state index contributed by atoms with van der Waals surface area (Å²) in [6.07, 6.45) is 1.58. The van der Waals surface area contributed by atoms with Crippen LogP contribution in [0.2, 0.25) is 0 Å². The maximum atomic E-state index is 12.5. The number of hydrogen-bond acceptors (Lipinski definition) is 2. The van der Waals surface area contributed by atoms with Crippen LogP contribution in [0.1, 0.15) is 17.5 Å². The third kappa shape index (κ3) is 5.06. The summed E-state index contributed by atoms with van der Waals surface area (Å²) in [6, 6.07) is 16.9. The number of hydrogen-bond donors (Lipinski definition) is 0. The van der Waals surface area contributed by atoms with Crippen molar-refractivity contribution in [1.82, 2.24) is 4.31 Å². The molecule has 2 aromatic carbocycles. The van der Waals surface area contributed by atoms with E-state index in [0.29, 0.717) is 11.4 Å². The number of alkyl halides is 1. The van der Waals surface area contributed by atoms with Gasteiger partial charge in [0.1, 0.15) is 0 Å². The fraction of sp³-hybridized carbons (Fsp3) is 0.333. The summed E-state index contributed by atoms with van der Waals surface area (Å²) in [5, 5.41) is -0.222. The van der Waals surface area contributed by atoms with Gasteiger partial charge >= 0.3 is 0 Å². The largest absolute Gasteiger partial charge is 0.242 e. The number of nitrogens with zero attached hydrogens (tertiary/aromatic N) is 1. The number of benzene rings is 2. The van der Waals surface area contributed by atoms with Crippen molar-refractivity contribution >= 4 is 21.6 Å². The average Bonchev–Trinajstić information content (AvgIpc) is 2.54. The normalized spacial score (nSPS) is 13.2. The predicted octanol–water partition coefficient (Wildman–Crippen LogP) is 3.86. The third-order valence-electron chi connectivity index (χ3n) is 3.77. The molecule has 5 heteroatoms. The molecule has 0 aliphatic heterocycles. The number of rotatable bonds is 7. The van der Waals surface area contributed by atoms with Gasteiger partial charge in [-0.25, -0.2) is 8.42 Å². The standard InChI is InChI=1S/C18H22ClNO2S/c1-15-8-12-18(13-9-15)23(21,22)20(2)14-17(19)11-10-16-6-4-3-5-7-16/h3-9,12-13,17H,10-11,14H2,1-2H3/t17-/m1/s1. The molecule has 23 heavy (non-hydrogen) atoms. The van der Waals surface area contributed by atoms with Gasteiger partial charge in [0, 0.05) is 19.0 Å². The van der Waals surface area contributed by atoms with E-state index < -0.39 is 10.0 Å². The minimum atomic E-state index is -3.48. The van der Waals surface area contributed by atoms with Gasteiger partial charge in [-0.05, 0) is 37.5 Å². The van der Waals surface area contributed by atoms with Crippen LogP contribution in [0.15, 0.2) is 59.5 Å². The second kappa shape index (κ2) is 7.95. The van der Waals surface area contributed by atoms with Crippen LogP contribution in [-0.2, 0) is 16.4 Å². The highest BCUT2D eigenvalue weighted by Crippen LogP contribution is 2.18. The highest BCUT2D eigenvalue weighted by atomic mass is 35.5. The molecule has 0 aliphatic rings. The molecule has 0 unspecified atom stereocenters. The minimum absolute atomic E-state index is 0.222. The summed E-state index contributed by atoms with van der Waals surface area (Å²) in [7, 11) is -1.91. The van der Waals surface area contributed by atoms with Crippen molar-refractivity contribution in [3.05, 3.63) is 65.7 Å². The molecule has 0 saturated carbocycles. The molecule has 0 radical (unpaired) electrons. The highest BCUT2D eigenvalue weighted by molar-refractivity contribution is 7.89. The van der Waals surface area contributed by atoms with E-state index in [1.165, 1.54) is 9.87 Å². The van der Waals surface area contributed by atoms with Gasteiger partial charge in [0.25, 0.3) is 0 Å². The Morgan fingerprint density at radius 2 is 1.65 bits per heavy atom. The van der Waals surface area contributed by atoms with Crippen LogP contribution in [0.3, 0.4) is 0 Å². The Labute approximate surface area is 144 Å². The molecule has 0 spiro atoms. The van der Waals surface area contributed by atoms with E-state index in [4.69, 9.17) is 11.6 Å². The van der Waals surface area contributed by atoms with E-state index in [9.17, 15) is 8.42 Å².